The Morgan fingerprint density at radius 1 is 1.43 bits per heavy atom. The van der Waals surface area contributed by atoms with E-state index in [9.17, 15) is 4.79 Å². The predicted molar refractivity (Wildman–Crippen MR) is 85.5 cm³/mol. The lowest BCUT2D eigenvalue weighted by Gasteiger charge is -2.24. The van der Waals surface area contributed by atoms with Crippen molar-refractivity contribution in [2.75, 3.05) is 0 Å². The summed E-state index contributed by atoms with van der Waals surface area (Å²) >= 11 is 0. The van der Waals surface area contributed by atoms with Gasteiger partial charge in [-0.15, -0.1) is 0 Å². The molecule has 0 saturated carbocycles. The highest BCUT2D eigenvalue weighted by molar-refractivity contribution is 6.33. The molecule has 1 aliphatic carbocycles. The number of nitrogens with zero attached hydrogens (tertiary/aromatic N) is 1. The average molecular weight is 281 g/mol. The molecule has 1 aliphatic heterocycles. The fraction of sp³-hybridized carbons (Fsp3) is 0.294. The minimum absolute atomic E-state index is 0.0742. The van der Waals surface area contributed by atoms with Gasteiger partial charge in [0.05, 0.1) is 17.4 Å². The SMILES string of the molecule is CCC(C)NC1C=C(C(N)=O)C=C2C1=Nc1ccccc12. The number of nitrogens with one attached hydrogen (secondary N) is 1. The molecule has 2 unspecified atom stereocenters. The van der Waals surface area contributed by atoms with Gasteiger partial charge in [0.1, 0.15) is 0 Å². The van der Waals surface area contributed by atoms with E-state index in [0.29, 0.717) is 11.6 Å². The number of primary amides is 1. The zero-order valence-corrected chi connectivity index (χ0v) is 12.3. The first-order valence-corrected chi connectivity index (χ1v) is 7.28. The van der Waals surface area contributed by atoms with E-state index in [0.717, 1.165) is 29.0 Å². The van der Waals surface area contributed by atoms with Crippen molar-refractivity contribution >= 4 is 22.9 Å². The van der Waals surface area contributed by atoms with Crippen LogP contribution in [0.2, 0.25) is 0 Å². The van der Waals surface area contributed by atoms with Gasteiger partial charge in [-0.1, -0.05) is 25.1 Å². The van der Waals surface area contributed by atoms with Crippen molar-refractivity contribution in [2.45, 2.75) is 32.4 Å². The molecule has 4 heteroatoms. The largest absolute Gasteiger partial charge is 0.366 e. The van der Waals surface area contributed by atoms with Crippen molar-refractivity contribution in [3.63, 3.8) is 0 Å². The van der Waals surface area contributed by atoms with Gasteiger partial charge in [-0.2, -0.15) is 0 Å². The van der Waals surface area contributed by atoms with E-state index in [-0.39, 0.29) is 6.04 Å². The van der Waals surface area contributed by atoms with Crippen molar-refractivity contribution in [3.05, 3.63) is 47.6 Å². The quantitative estimate of drug-likeness (QED) is 0.889. The maximum atomic E-state index is 11.6. The molecule has 0 bridgehead atoms. The number of carbonyl (C=O) groups is 1. The summed E-state index contributed by atoms with van der Waals surface area (Å²) in [4.78, 5) is 16.3. The summed E-state index contributed by atoms with van der Waals surface area (Å²) in [5.41, 5.74) is 10.0. The first-order valence-electron chi connectivity index (χ1n) is 7.28. The molecule has 4 nitrogen and oxygen atoms in total. The van der Waals surface area contributed by atoms with Crippen LogP contribution in [0.1, 0.15) is 25.8 Å². The molecule has 3 rings (SSSR count). The smallest absolute Gasteiger partial charge is 0.248 e. The topological polar surface area (TPSA) is 67.5 Å². The third-order valence-corrected chi connectivity index (χ3v) is 4.01. The third-order valence-electron chi connectivity index (χ3n) is 4.01. The van der Waals surface area contributed by atoms with Crippen LogP contribution >= 0.6 is 0 Å². The fourth-order valence-corrected chi connectivity index (χ4v) is 2.68. The average Bonchev–Trinajstić information content (AvgIpc) is 2.86. The molecule has 0 saturated heterocycles. The van der Waals surface area contributed by atoms with Crippen LogP contribution in [-0.2, 0) is 4.79 Å². The van der Waals surface area contributed by atoms with Crippen LogP contribution in [0.15, 0.2) is 47.0 Å². The first kappa shape index (κ1) is 13.8. The molecule has 2 atom stereocenters. The summed E-state index contributed by atoms with van der Waals surface area (Å²) in [5.74, 6) is -0.401. The van der Waals surface area contributed by atoms with Gasteiger partial charge >= 0.3 is 0 Å². The summed E-state index contributed by atoms with van der Waals surface area (Å²) in [6, 6.07) is 8.24. The van der Waals surface area contributed by atoms with Gasteiger partial charge in [-0.3, -0.25) is 9.79 Å². The van der Waals surface area contributed by atoms with Crippen LogP contribution in [-0.4, -0.2) is 23.7 Å². The van der Waals surface area contributed by atoms with E-state index in [1.165, 1.54) is 0 Å². The molecule has 1 amide bonds. The highest BCUT2D eigenvalue weighted by atomic mass is 16.1. The molecule has 1 heterocycles. The molecule has 0 aromatic heterocycles. The van der Waals surface area contributed by atoms with Crippen LogP contribution in [0.25, 0.3) is 5.57 Å². The fourth-order valence-electron chi connectivity index (χ4n) is 2.68. The summed E-state index contributed by atoms with van der Waals surface area (Å²) < 4.78 is 0. The Morgan fingerprint density at radius 3 is 2.90 bits per heavy atom. The monoisotopic (exact) mass is 281 g/mol. The molecule has 0 radical (unpaired) electrons. The lowest BCUT2D eigenvalue weighted by atomic mass is 9.89. The minimum atomic E-state index is -0.401. The van der Waals surface area contributed by atoms with E-state index in [2.05, 4.69) is 19.2 Å². The molecule has 0 fully saturated rings. The van der Waals surface area contributed by atoms with Crippen LogP contribution < -0.4 is 11.1 Å². The van der Waals surface area contributed by atoms with Crippen molar-refractivity contribution in [1.82, 2.24) is 5.32 Å². The Bertz CT molecular complexity index is 685. The van der Waals surface area contributed by atoms with Gasteiger partial charge in [0.25, 0.3) is 0 Å². The maximum absolute atomic E-state index is 11.6. The number of para-hydroxylation sites is 1. The summed E-state index contributed by atoms with van der Waals surface area (Å²) in [5, 5.41) is 3.50. The number of nitrogens with two attached hydrogens (primary N) is 1. The molecule has 1 aromatic rings. The predicted octanol–water partition coefficient (Wildman–Crippen LogP) is 2.34. The normalized spacial score (nSPS) is 20.9. The molecule has 3 N–H and O–H groups in total. The number of aliphatic imine (C=N–C) groups is 1. The highest BCUT2D eigenvalue weighted by Crippen LogP contribution is 2.38. The van der Waals surface area contributed by atoms with Gasteiger partial charge in [0.15, 0.2) is 0 Å². The van der Waals surface area contributed by atoms with E-state index < -0.39 is 5.91 Å². The lowest BCUT2D eigenvalue weighted by Crippen LogP contribution is -2.42. The van der Waals surface area contributed by atoms with Gasteiger partial charge < -0.3 is 11.1 Å². The molecule has 2 aliphatic rings. The van der Waals surface area contributed by atoms with E-state index in [4.69, 9.17) is 10.7 Å². The number of rotatable bonds is 4. The lowest BCUT2D eigenvalue weighted by molar-refractivity contribution is -0.114. The van der Waals surface area contributed by atoms with Crippen molar-refractivity contribution in [3.8, 4) is 0 Å². The molecule has 21 heavy (non-hydrogen) atoms. The zero-order valence-electron chi connectivity index (χ0n) is 12.3. The maximum Gasteiger partial charge on any atom is 0.248 e. The summed E-state index contributed by atoms with van der Waals surface area (Å²) in [7, 11) is 0. The van der Waals surface area contributed by atoms with Crippen LogP contribution in [0, 0.1) is 0 Å². The van der Waals surface area contributed by atoms with Gasteiger partial charge in [0, 0.05) is 22.8 Å². The Kier molecular flexibility index (Phi) is 3.47. The summed E-state index contributed by atoms with van der Waals surface area (Å²) in [6.07, 6.45) is 4.74. The summed E-state index contributed by atoms with van der Waals surface area (Å²) in [6.45, 7) is 4.25. The molecule has 0 spiro atoms. The number of hydrogen-bond donors (Lipinski definition) is 2. The zero-order chi connectivity index (χ0) is 15.0. The number of amides is 1. The second-order valence-electron chi connectivity index (χ2n) is 5.51. The Hall–Kier alpha value is -2.20. The van der Waals surface area contributed by atoms with Gasteiger partial charge in [-0.05, 0) is 31.6 Å². The van der Waals surface area contributed by atoms with Gasteiger partial charge in [-0.25, -0.2) is 0 Å². The number of fused-ring (bicyclic) bond motifs is 3. The van der Waals surface area contributed by atoms with Crippen LogP contribution in [0.5, 0.6) is 0 Å². The number of benzene rings is 1. The Morgan fingerprint density at radius 2 is 2.19 bits per heavy atom. The van der Waals surface area contributed by atoms with Gasteiger partial charge in [0.2, 0.25) is 5.91 Å². The highest BCUT2D eigenvalue weighted by Gasteiger charge is 2.30. The van der Waals surface area contributed by atoms with E-state index in [1.807, 2.05) is 36.4 Å². The molecular formula is C17H19N3O. The first-order chi connectivity index (χ1) is 10.1. The number of hydrogen-bond acceptors (Lipinski definition) is 3. The standard InChI is InChI=1S/C17H19N3O/c1-3-10(2)19-15-9-11(17(18)21)8-13-12-6-4-5-7-14(12)20-16(13)15/h4-10,15,19H,3H2,1-2H3,(H2,18,21). The van der Waals surface area contributed by atoms with Crippen molar-refractivity contribution in [1.29, 1.82) is 0 Å². The van der Waals surface area contributed by atoms with E-state index in [1.54, 1.807) is 0 Å². The molecule has 1 aromatic carbocycles. The van der Waals surface area contributed by atoms with Crippen LogP contribution in [0.4, 0.5) is 5.69 Å². The molecular weight excluding hydrogens is 262 g/mol. The third kappa shape index (κ3) is 2.43. The second-order valence-corrected chi connectivity index (χ2v) is 5.51. The van der Waals surface area contributed by atoms with Crippen molar-refractivity contribution in [2.24, 2.45) is 10.7 Å². The van der Waals surface area contributed by atoms with Crippen LogP contribution in [0.3, 0.4) is 0 Å². The van der Waals surface area contributed by atoms with E-state index >= 15 is 0 Å². The molecule has 108 valence electrons. The van der Waals surface area contributed by atoms with Crippen molar-refractivity contribution < 1.29 is 4.79 Å². The number of carbonyl (C=O) groups excluding carboxylic acids is 1. The Labute approximate surface area is 124 Å². The Balaban J connectivity index is 2.04. The second kappa shape index (κ2) is 5.30. The minimum Gasteiger partial charge on any atom is -0.366 e.